The van der Waals surface area contributed by atoms with E-state index in [4.69, 9.17) is 0 Å². The molecule has 0 amide bonds. The topological polar surface area (TPSA) is 15.3 Å². The van der Waals surface area contributed by atoms with Crippen LogP contribution in [0.4, 0.5) is 0 Å². The molecule has 1 aromatic rings. The summed E-state index contributed by atoms with van der Waals surface area (Å²) in [6, 6.07) is 10.2. The Labute approximate surface area is 124 Å². The van der Waals surface area contributed by atoms with Crippen molar-refractivity contribution in [3.63, 3.8) is 0 Å². The highest BCUT2D eigenvalue weighted by Gasteiger charge is 2.21. The van der Waals surface area contributed by atoms with Crippen LogP contribution in [0.15, 0.2) is 24.3 Å². The summed E-state index contributed by atoms with van der Waals surface area (Å²) < 4.78 is 0. The number of nitrogens with one attached hydrogen (secondary N) is 1. The summed E-state index contributed by atoms with van der Waals surface area (Å²) >= 11 is 0. The first-order valence-corrected chi connectivity index (χ1v) is 8.25. The number of nitrogens with zero attached hydrogens (tertiary/aromatic N) is 1. The summed E-state index contributed by atoms with van der Waals surface area (Å²) in [5, 5.41) is 3.55. The molecule has 1 atom stereocenters. The van der Waals surface area contributed by atoms with E-state index in [1.165, 1.54) is 43.4 Å². The quantitative estimate of drug-likeness (QED) is 0.845. The lowest BCUT2D eigenvalue weighted by molar-refractivity contribution is 0.135. The van der Waals surface area contributed by atoms with E-state index >= 15 is 0 Å². The zero-order valence-electron chi connectivity index (χ0n) is 13.4. The molecule has 2 nitrogen and oxygen atoms in total. The normalized spacial score (nSPS) is 20.5. The summed E-state index contributed by atoms with van der Waals surface area (Å²) in [4.78, 5) is 2.69. The van der Waals surface area contributed by atoms with Crippen molar-refractivity contribution < 1.29 is 0 Å². The maximum absolute atomic E-state index is 3.55. The first kappa shape index (κ1) is 15.5. The number of likely N-dealkylation sites (tertiary alicyclic amines) is 1. The van der Waals surface area contributed by atoms with Crippen LogP contribution in [0.3, 0.4) is 0 Å². The van der Waals surface area contributed by atoms with Crippen LogP contribution >= 0.6 is 0 Å². The average Bonchev–Trinajstić information content (AvgIpc) is 2.47. The van der Waals surface area contributed by atoms with Crippen LogP contribution in [-0.2, 0) is 13.1 Å². The van der Waals surface area contributed by atoms with E-state index in [1.807, 2.05) is 0 Å². The molecule has 1 aliphatic rings. The van der Waals surface area contributed by atoms with Crippen molar-refractivity contribution in [3.8, 4) is 0 Å². The van der Waals surface area contributed by atoms with Gasteiger partial charge in [0, 0.05) is 25.2 Å². The molecule has 0 spiro atoms. The van der Waals surface area contributed by atoms with E-state index in [0.717, 1.165) is 19.1 Å². The van der Waals surface area contributed by atoms with E-state index in [0.29, 0.717) is 6.04 Å². The highest BCUT2D eigenvalue weighted by molar-refractivity contribution is 5.27. The van der Waals surface area contributed by atoms with Crippen molar-refractivity contribution in [3.05, 3.63) is 35.4 Å². The molecular weight excluding hydrogens is 244 g/mol. The first-order chi connectivity index (χ1) is 9.70. The molecule has 20 heavy (non-hydrogen) atoms. The maximum Gasteiger partial charge on any atom is 0.0239 e. The third-order valence-electron chi connectivity index (χ3n) is 4.41. The number of benzene rings is 1. The van der Waals surface area contributed by atoms with E-state index < -0.39 is 0 Å². The van der Waals surface area contributed by atoms with Gasteiger partial charge in [-0.2, -0.15) is 0 Å². The number of hydrogen-bond donors (Lipinski definition) is 1. The SMILES string of the molecule is CCC1CCCCN1Cc1ccccc1CNC(C)C. The Bertz CT molecular complexity index is 400. The van der Waals surface area contributed by atoms with Gasteiger partial charge in [0.15, 0.2) is 0 Å². The lowest BCUT2D eigenvalue weighted by Crippen LogP contribution is -2.38. The van der Waals surface area contributed by atoms with Crippen LogP contribution in [0.25, 0.3) is 0 Å². The van der Waals surface area contributed by atoms with Crippen molar-refractivity contribution in [2.75, 3.05) is 6.54 Å². The predicted octanol–water partition coefficient (Wildman–Crippen LogP) is 3.95. The molecule has 0 radical (unpaired) electrons. The minimum absolute atomic E-state index is 0.543. The first-order valence-electron chi connectivity index (χ1n) is 8.25. The minimum atomic E-state index is 0.543. The Morgan fingerprint density at radius 3 is 2.65 bits per heavy atom. The molecule has 1 fully saturated rings. The van der Waals surface area contributed by atoms with Gasteiger partial charge in [-0.15, -0.1) is 0 Å². The Balaban J connectivity index is 2.03. The summed E-state index contributed by atoms with van der Waals surface area (Å²) in [6.07, 6.45) is 5.43. The van der Waals surface area contributed by atoms with Gasteiger partial charge in [-0.3, -0.25) is 4.90 Å². The van der Waals surface area contributed by atoms with E-state index in [-0.39, 0.29) is 0 Å². The second kappa shape index (κ2) is 7.80. The average molecular weight is 274 g/mol. The van der Waals surface area contributed by atoms with Crippen LogP contribution in [0.5, 0.6) is 0 Å². The summed E-state index contributed by atoms with van der Waals surface area (Å²) in [5.41, 5.74) is 2.96. The number of piperidine rings is 1. The van der Waals surface area contributed by atoms with Crippen LogP contribution in [0, 0.1) is 0 Å². The summed E-state index contributed by atoms with van der Waals surface area (Å²) in [6.45, 7) is 10.1. The molecule has 1 heterocycles. The minimum Gasteiger partial charge on any atom is -0.310 e. The van der Waals surface area contributed by atoms with Gasteiger partial charge in [-0.1, -0.05) is 51.5 Å². The third kappa shape index (κ3) is 4.32. The Morgan fingerprint density at radius 1 is 1.20 bits per heavy atom. The second-order valence-corrected chi connectivity index (χ2v) is 6.33. The molecule has 2 heteroatoms. The zero-order valence-corrected chi connectivity index (χ0v) is 13.4. The van der Waals surface area contributed by atoms with E-state index in [9.17, 15) is 0 Å². The molecular formula is C18H30N2. The lowest BCUT2D eigenvalue weighted by Gasteiger charge is -2.35. The fourth-order valence-electron chi connectivity index (χ4n) is 3.15. The van der Waals surface area contributed by atoms with Crippen LogP contribution in [0.2, 0.25) is 0 Å². The van der Waals surface area contributed by atoms with E-state index in [1.54, 1.807) is 0 Å². The number of rotatable bonds is 6. The molecule has 0 saturated carbocycles. The largest absolute Gasteiger partial charge is 0.310 e. The molecule has 0 aliphatic carbocycles. The highest BCUT2D eigenvalue weighted by atomic mass is 15.2. The van der Waals surface area contributed by atoms with Crippen molar-refractivity contribution in [2.45, 2.75) is 71.6 Å². The molecule has 1 saturated heterocycles. The van der Waals surface area contributed by atoms with Gasteiger partial charge in [-0.25, -0.2) is 0 Å². The molecule has 1 N–H and O–H groups in total. The molecule has 2 rings (SSSR count). The monoisotopic (exact) mass is 274 g/mol. The number of hydrogen-bond acceptors (Lipinski definition) is 2. The van der Waals surface area contributed by atoms with Crippen molar-refractivity contribution in [1.82, 2.24) is 10.2 Å². The maximum atomic E-state index is 3.55. The van der Waals surface area contributed by atoms with Gasteiger partial charge in [0.25, 0.3) is 0 Å². The molecule has 0 bridgehead atoms. The Kier molecular flexibility index (Phi) is 6.06. The molecule has 0 aromatic heterocycles. The molecule has 1 unspecified atom stereocenters. The summed E-state index contributed by atoms with van der Waals surface area (Å²) in [7, 11) is 0. The fraction of sp³-hybridized carbons (Fsp3) is 0.667. The van der Waals surface area contributed by atoms with Crippen LogP contribution < -0.4 is 5.32 Å². The van der Waals surface area contributed by atoms with Gasteiger partial charge in [0.2, 0.25) is 0 Å². The van der Waals surface area contributed by atoms with E-state index in [2.05, 4.69) is 55.3 Å². The Hall–Kier alpha value is -0.860. The molecule has 1 aromatic carbocycles. The van der Waals surface area contributed by atoms with Gasteiger partial charge in [-0.05, 0) is 36.9 Å². The standard InChI is InChI=1S/C18H30N2/c1-4-18-11-7-8-12-20(18)14-17-10-6-5-9-16(17)13-19-15(2)3/h5-6,9-10,15,18-19H,4,7-8,11-14H2,1-3H3. The zero-order chi connectivity index (χ0) is 14.4. The second-order valence-electron chi connectivity index (χ2n) is 6.33. The smallest absolute Gasteiger partial charge is 0.0239 e. The van der Waals surface area contributed by atoms with Gasteiger partial charge >= 0.3 is 0 Å². The molecule has 112 valence electrons. The van der Waals surface area contributed by atoms with Crippen molar-refractivity contribution >= 4 is 0 Å². The van der Waals surface area contributed by atoms with Gasteiger partial charge in [0.1, 0.15) is 0 Å². The van der Waals surface area contributed by atoms with Crippen molar-refractivity contribution in [1.29, 1.82) is 0 Å². The lowest BCUT2D eigenvalue weighted by atomic mass is 9.98. The van der Waals surface area contributed by atoms with Gasteiger partial charge in [0.05, 0.1) is 0 Å². The Morgan fingerprint density at radius 2 is 1.95 bits per heavy atom. The van der Waals surface area contributed by atoms with Crippen LogP contribution in [0.1, 0.15) is 57.6 Å². The van der Waals surface area contributed by atoms with Crippen LogP contribution in [-0.4, -0.2) is 23.5 Å². The fourth-order valence-corrected chi connectivity index (χ4v) is 3.15. The van der Waals surface area contributed by atoms with Gasteiger partial charge < -0.3 is 5.32 Å². The summed E-state index contributed by atoms with van der Waals surface area (Å²) in [5.74, 6) is 0. The third-order valence-corrected chi connectivity index (χ3v) is 4.41. The molecule has 1 aliphatic heterocycles. The van der Waals surface area contributed by atoms with Crippen molar-refractivity contribution in [2.24, 2.45) is 0 Å². The highest BCUT2D eigenvalue weighted by Crippen LogP contribution is 2.23. The predicted molar refractivity (Wildman–Crippen MR) is 86.8 cm³/mol.